The molecule has 2 atom stereocenters. The van der Waals surface area contributed by atoms with Crippen LogP contribution in [0.4, 0.5) is 4.79 Å². The number of hydrogen-bond donors (Lipinski definition) is 2. The Hall–Kier alpha value is -4.29. The summed E-state index contributed by atoms with van der Waals surface area (Å²) < 4.78 is 39.7. The second-order valence-electron chi connectivity index (χ2n) is 12.6. The SMILES string of the molecule is Cc1nc2c(Cc3ccc(S(=O)(=O)N(C)[C@H](COC(=O)[C@@H](CC(C)C)NC(=O)OCc4ccccc4)CC(C)C)cc3)nccc2[nH]1. The second kappa shape index (κ2) is 16.0. The minimum atomic E-state index is -3.93. The van der Waals surface area contributed by atoms with Crippen LogP contribution in [0, 0.1) is 18.8 Å². The monoisotopic (exact) mass is 663 g/mol. The number of carbonyl (C=O) groups excluding carboxylic acids is 2. The molecule has 0 aliphatic carbocycles. The van der Waals surface area contributed by atoms with Crippen molar-refractivity contribution in [2.45, 2.75) is 77.5 Å². The van der Waals surface area contributed by atoms with Crippen LogP contribution >= 0.6 is 0 Å². The first-order valence-electron chi connectivity index (χ1n) is 15.8. The number of alkyl carbamates (subject to hydrolysis) is 1. The molecule has 4 aromatic rings. The summed E-state index contributed by atoms with van der Waals surface area (Å²) in [5, 5.41) is 2.62. The maximum atomic E-state index is 13.7. The number of ether oxygens (including phenoxy) is 2. The predicted molar refractivity (Wildman–Crippen MR) is 180 cm³/mol. The highest BCUT2D eigenvalue weighted by Crippen LogP contribution is 2.23. The Kier molecular flexibility index (Phi) is 12.1. The van der Waals surface area contributed by atoms with Gasteiger partial charge in [0.2, 0.25) is 10.0 Å². The first kappa shape index (κ1) is 35.6. The van der Waals surface area contributed by atoms with Crippen LogP contribution in [0.5, 0.6) is 0 Å². The fourth-order valence-corrected chi connectivity index (χ4v) is 6.67. The van der Waals surface area contributed by atoms with Gasteiger partial charge in [-0.2, -0.15) is 4.31 Å². The van der Waals surface area contributed by atoms with E-state index in [0.717, 1.165) is 33.7 Å². The first-order chi connectivity index (χ1) is 22.3. The minimum Gasteiger partial charge on any atom is -0.462 e. The highest BCUT2D eigenvalue weighted by molar-refractivity contribution is 7.89. The first-order valence-corrected chi connectivity index (χ1v) is 17.3. The Morgan fingerprint density at radius 2 is 1.60 bits per heavy atom. The largest absolute Gasteiger partial charge is 0.462 e. The summed E-state index contributed by atoms with van der Waals surface area (Å²) >= 11 is 0. The smallest absolute Gasteiger partial charge is 0.408 e. The number of likely N-dealkylation sites (N-methyl/N-ethyl adjacent to an activating group) is 1. The maximum Gasteiger partial charge on any atom is 0.408 e. The number of aromatic nitrogens is 3. The molecule has 1 amide bonds. The lowest BCUT2D eigenvalue weighted by Crippen LogP contribution is -2.46. The van der Waals surface area contributed by atoms with Gasteiger partial charge in [0.05, 0.1) is 22.1 Å². The third-order valence-corrected chi connectivity index (χ3v) is 9.66. The highest BCUT2D eigenvalue weighted by atomic mass is 32.2. The summed E-state index contributed by atoms with van der Waals surface area (Å²) in [5.74, 6) is 0.354. The van der Waals surface area contributed by atoms with Gasteiger partial charge in [-0.3, -0.25) is 4.98 Å². The summed E-state index contributed by atoms with van der Waals surface area (Å²) in [6.07, 6.45) is 2.28. The van der Waals surface area contributed by atoms with Crippen molar-refractivity contribution in [3.8, 4) is 0 Å². The maximum absolute atomic E-state index is 13.7. The van der Waals surface area contributed by atoms with Crippen molar-refractivity contribution >= 4 is 33.1 Å². The lowest BCUT2D eigenvalue weighted by Gasteiger charge is -2.29. The fraction of sp³-hybridized carbons (Fsp3) is 0.429. The number of benzene rings is 2. The average molecular weight is 664 g/mol. The number of sulfonamides is 1. The van der Waals surface area contributed by atoms with Crippen molar-refractivity contribution in [2.24, 2.45) is 11.8 Å². The van der Waals surface area contributed by atoms with Gasteiger partial charge in [0, 0.05) is 19.7 Å². The molecule has 0 unspecified atom stereocenters. The number of H-pyrrole nitrogens is 1. The Morgan fingerprint density at radius 3 is 2.26 bits per heavy atom. The van der Waals surface area contributed by atoms with E-state index in [2.05, 4.69) is 20.3 Å². The van der Waals surface area contributed by atoms with E-state index >= 15 is 0 Å². The molecule has 0 radical (unpaired) electrons. The molecule has 2 heterocycles. The van der Waals surface area contributed by atoms with Gasteiger partial charge in [-0.15, -0.1) is 0 Å². The summed E-state index contributed by atoms with van der Waals surface area (Å²) in [6, 6.07) is 16.2. The van der Waals surface area contributed by atoms with Crippen LogP contribution in [0.1, 0.15) is 63.2 Å². The van der Waals surface area contributed by atoms with Crippen LogP contribution in [0.15, 0.2) is 71.8 Å². The molecule has 0 aliphatic rings. The van der Waals surface area contributed by atoms with Crippen molar-refractivity contribution in [3.63, 3.8) is 0 Å². The van der Waals surface area contributed by atoms with Crippen molar-refractivity contribution in [2.75, 3.05) is 13.7 Å². The number of nitrogens with zero attached hydrogens (tertiary/aromatic N) is 3. The molecule has 12 heteroatoms. The molecule has 0 saturated heterocycles. The molecular weight excluding hydrogens is 618 g/mol. The average Bonchev–Trinajstić information content (AvgIpc) is 3.42. The number of aromatic amines is 1. The van der Waals surface area contributed by atoms with Crippen LogP contribution in [0.3, 0.4) is 0 Å². The van der Waals surface area contributed by atoms with E-state index in [1.807, 2.05) is 71.0 Å². The number of esters is 1. The zero-order valence-electron chi connectivity index (χ0n) is 27.9. The summed E-state index contributed by atoms with van der Waals surface area (Å²) in [7, 11) is -2.43. The zero-order valence-corrected chi connectivity index (χ0v) is 28.7. The quantitative estimate of drug-likeness (QED) is 0.153. The summed E-state index contributed by atoms with van der Waals surface area (Å²) in [4.78, 5) is 38.1. The van der Waals surface area contributed by atoms with Gasteiger partial charge in [-0.25, -0.2) is 23.0 Å². The Morgan fingerprint density at radius 1 is 0.915 bits per heavy atom. The number of pyridine rings is 1. The lowest BCUT2D eigenvalue weighted by atomic mass is 10.0. The van der Waals surface area contributed by atoms with E-state index in [9.17, 15) is 18.0 Å². The van der Waals surface area contributed by atoms with Gasteiger partial charge < -0.3 is 19.8 Å². The van der Waals surface area contributed by atoms with E-state index in [0.29, 0.717) is 19.3 Å². The molecular formula is C35H45N5O6S. The third kappa shape index (κ3) is 9.85. The van der Waals surface area contributed by atoms with E-state index in [4.69, 9.17) is 9.47 Å². The molecule has 0 spiro atoms. The summed E-state index contributed by atoms with van der Waals surface area (Å²) in [6.45, 7) is 9.60. The number of carbonyl (C=O) groups is 2. The van der Waals surface area contributed by atoms with E-state index in [1.54, 1.807) is 30.5 Å². The number of nitrogens with one attached hydrogen (secondary N) is 2. The van der Waals surface area contributed by atoms with Crippen LogP contribution in [0.2, 0.25) is 0 Å². The zero-order chi connectivity index (χ0) is 34.1. The lowest BCUT2D eigenvalue weighted by molar-refractivity contribution is -0.148. The van der Waals surface area contributed by atoms with E-state index < -0.39 is 34.2 Å². The van der Waals surface area contributed by atoms with E-state index in [-0.39, 0.29) is 29.9 Å². The molecule has 47 heavy (non-hydrogen) atoms. The number of fused-ring (bicyclic) bond motifs is 1. The van der Waals surface area contributed by atoms with Crippen molar-refractivity contribution in [1.29, 1.82) is 0 Å². The van der Waals surface area contributed by atoms with Gasteiger partial charge in [0.1, 0.15) is 30.6 Å². The van der Waals surface area contributed by atoms with E-state index in [1.165, 1.54) is 11.4 Å². The molecule has 0 fully saturated rings. The van der Waals surface area contributed by atoms with Gasteiger partial charge in [-0.1, -0.05) is 70.2 Å². The van der Waals surface area contributed by atoms with Gasteiger partial charge in [0.15, 0.2) is 0 Å². The molecule has 11 nitrogen and oxygen atoms in total. The molecule has 252 valence electrons. The number of imidazole rings is 1. The van der Waals surface area contributed by atoms with Crippen LogP contribution in [0.25, 0.3) is 11.0 Å². The molecule has 2 aromatic heterocycles. The Balaban J connectivity index is 1.41. The Labute approximate surface area is 277 Å². The molecule has 2 N–H and O–H groups in total. The molecule has 2 aromatic carbocycles. The fourth-order valence-electron chi connectivity index (χ4n) is 5.32. The molecule has 0 aliphatic heterocycles. The number of amides is 1. The molecule has 0 bridgehead atoms. The van der Waals surface area contributed by atoms with Gasteiger partial charge >= 0.3 is 12.1 Å². The molecule has 0 saturated carbocycles. The standard InChI is InChI=1S/C35H45N5O6S/c1-23(2)18-28(22-45-34(41)32(19-24(3)4)39-35(42)46-21-27-10-8-7-9-11-27)40(6)47(43,44)29-14-12-26(13-15-29)20-31-33-30(16-17-36-31)37-25(5)38-33/h7-17,23-24,28,32H,18-22H2,1-6H3,(H,37,38)(H,39,42)/t28-,32+/m0/s1. The predicted octanol–water partition coefficient (Wildman–Crippen LogP) is 5.78. The number of hydrogen-bond acceptors (Lipinski definition) is 8. The topological polar surface area (TPSA) is 144 Å². The van der Waals surface area contributed by atoms with Gasteiger partial charge in [-0.05, 0) is 60.9 Å². The van der Waals surface area contributed by atoms with Crippen LogP contribution in [-0.2, 0) is 37.3 Å². The minimum absolute atomic E-state index is 0.0626. The highest BCUT2D eigenvalue weighted by Gasteiger charge is 2.31. The number of aryl methyl sites for hydroxylation is 1. The van der Waals surface area contributed by atoms with Crippen LogP contribution < -0.4 is 5.32 Å². The third-order valence-electron chi connectivity index (χ3n) is 7.74. The van der Waals surface area contributed by atoms with Crippen molar-refractivity contribution in [1.82, 2.24) is 24.6 Å². The second-order valence-corrected chi connectivity index (χ2v) is 14.6. The molecule has 4 rings (SSSR count). The van der Waals surface area contributed by atoms with Crippen molar-refractivity contribution < 1.29 is 27.5 Å². The normalized spacial score (nSPS) is 13.2. The number of rotatable bonds is 15. The van der Waals surface area contributed by atoms with Crippen LogP contribution in [-0.4, -0.2) is 65.5 Å². The van der Waals surface area contributed by atoms with Crippen molar-refractivity contribution in [3.05, 3.63) is 89.5 Å². The van der Waals surface area contributed by atoms with Gasteiger partial charge in [0.25, 0.3) is 0 Å². The summed E-state index contributed by atoms with van der Waals surface area (Å²) in [5.41, 5.74) is 4.21. The Bertz CT molecular complexity index is 1740.